The molecule has 0 spiro atoms. The Kier molecular flexibility index (Phi) is 4.04. The first kappa shape index (κ1) is 11.7. The van der Waals surface area contributed by atoms with Crippen molar-refractivity contribution in [1.82, 2.24) is 0 Å². The summed E-state index contributed by atoms with van der Waals surface area (Å²) in [5.74, 6) is -1.79. The summed E-state index contributed by atoms with van der Waals surface area (Å²) in [5, 5.41) is 11.0. The Balaban J connectivity index is 2.70. The summed E-state index contributed by atoms with van der Waals surface area (Å²) in [6, 6.07) is 8.19. The Morgan fingerprint density at radius 2 is 2.25 bits per heavy atom. The number of benzene rings is 1. The molecule has 1 amide bonds. The van der Waals surface area contributed by atoms with Gasteiger partial charge in [-0.15, -0.1) is 0 Å². The van der Waals surface area contributed by atoms with Crippen LogP contribution in [0.3, 0.4) is 0 Å². The Labute approximate surface area is 92.6 Å². The largest absolute Gasteiger partial charge is 0.459 e. The summed E-state index contributed by atoms with van der Waals surface area (Å²) in [7, 11) is 0. The molecule has 1 aromatic carbocycles. The van der Waals surface area contributed by atoms with Gasteiger partial charge in [0.25, 0.3) is 0 Å². The Morgan fingerprint density at radius 1 is 1.50 bits per heavy atom. The zero-order valence-electron chi connectivity index (χ0n) is 8.69. The SMILES string of the molecule is CCOC(=O)C(=O)Nc1cccc(C#N)c1. The van der Waals surface area contributed by atoms with Crippen LogP contribution in [0.2, 0.25) is 0 Å². The molecule has 0 saturated heterocycles. The second-order valence-corrected chi connectivity index (χ2v) is 2.87. The molecular formula is C11H10N2O3. The number of nitrogens with zero attached hydrogens (tertiary/aromatic N) is 1. The van der Waals surface area contributed by atoms with Gasteiger partial charge in [-0.25, -0.2) is 4.79 Å². The summed E-state index contributed by atoms with van der Waals surface area (Å²) in [6.45, 7) is 1.76. The second kappa shape index (κ2) is 5.51. The molecule has 0 saturated carbocycles. The molecule has 0 aliphatic carbocycles. The summed E-state index contributed by atoms with van der Waals surface area (Å²) in [5.41, 5.74) is 0.791. The first-order valence-electron chi connectivity index (χ1n) is 4.65. The molecular weight excluding hydrogens is 208 g/mol. The minimum Gasteiger partial charge on any atom is -0.459 e. The van der Waals surface area contributed by atoms with Crippen LogP contribution in [0.1, 0.15) is 12.5 Å². The van der Waals surface area contributed by atoms with Gasteiger partial charge >= 0.3 is 11.9 Å². The quantitative estimate of drug-likeness (QED) is 0.594. The van der Waals surface area contributed by atoms with Crippen molar-refractivity contribution in [2.24, 2.45) is 0 Å². The van der Waals surface area contributed by atoms with Crippen LogP contribution in [0.15, 0.2) is 24.3 Å². The van der Waals surface area contributed by atoms with Crippen molar-refractivity contribution in [3.8, 4) is 6.07 Å². The molecule has 82 valence electrons. The van der Waals surface area contributed by atoms with E-state index < -0.39 is 11.9 Å². The fourth-order valence-electron chi connectivity index (χ4n) is 1.05. The number of anilines is 1. The molecule has 0 heterocycles. The van der Waals surface area contributed by atoms with E-state index >= 15 is 0 Å². The number of nitriles is 1. The normalized spacial score (nSPS) is 9.00. The lowest BCUT2D eigenvalue weighted by Gasteiger charge is -2.04. The lowest BCUT2D eigenvalue weighted by Crippen LogP contribution is -2.24. The molecule has 0 aliphatic heterocycles. The van der Waals surface area contributed by atoms with Gasteiger partial charge < -0.3 is 10.1 Å². The molecule has 0 unspecified atom stereocenters. The van der Waals surface area contributed by atoms with E-state index in [2.05, 4.69) is 10.1 Å². The van der Waals surface area contributed by atoms with Gasteiger partial charge in [0, 0.05) is 5.69 Å². The van der Waals surface area contributed by atoms with Crippen molar-refractivity contribution in [2.75, 3.05) is 11.9 Å². The highest BCUT2D eigenvalue weighted by atomic mass is 16.5. The predicted octanol–water partition coefficient (Wildman–Crippen LogP) is 1.06. The van der Waals surface area contributed by atoms with Crippen molar-refractivity contribution in [3.05, 3.63) is 29.8 Å². The standard InChI is InChI=1S/C11H10N2O3/c1-2-16-11(15)10(14)13-9-5-3-4-8(6-9)7-12/h3-6H,2H2,1H3,(H,13,14). The highest BCUT2D eigenvalue weighted by molar-refractivity contribution is 6.37. The maximum absolute atomic E-state index is 11.2. The molecule has 0 bridgehead atoms. The third-order valence-corrected chi connectivity index (χ3v) is 1.71. The smallest absolute Gasteiger partial charge is 0.397 e. The fraction of sp³-hybridized carbons (Fsp3) is 0.182. The minimum absolute atomic E-state index is 0.143. The van der Waals surface area contributed by atoms with E-state index in [9.17, 15) is 9.59 Å². The van der Waals surface area contributed by atoms with E-state index in [-0.39, 0.29) is 6.61 Å². The summed E-state index contributed by atoms with van der Waals surface area (Å²) >= 11 is 0. The summed E-state index contributed by atoms with van der Waals surface area (Å²) in [4.78, 5) is 22.2. The number of nitrogens with one attached hydrogen (secondary N) is 1. The molecule has 5 nitrogen and oxygen atoms in total. The Bertz CT molecular complexity index is 449. The third kappa shape index (κ3) is 3.10. The van der Waals surface area contributed by atoms with E-state index in [1.165, 1.54) is 6.07 Å². The van der Waals surface area contributed by atoms with Crippen molar-refractivity contribution in [1.29, 1.82) is 5.26 Å². The molecule has 0 atom stereocenters. The average molecular weight is 218 g/mol. The van der Waals surface area contributed by atoms with Gasteiger partial charge in [0.05, 0.1) is 18.2 Å². The van der Waals surface area contributed by atoms with Gasteiger partial charge in [0.15, 0.2) is 0 Å². The molecule has 0 fully saturated rings. The van der Waals surface area contributed by atoms with Crippen molar-refractivity contribution in [2.45, 2.75) is 6.92 Å². The van der Waals surface area contributed by atoms with Crippen LogP contribution in [-0.2, 0) is 14.3 Å². The van der Waals surface area contributed by atoms with Crippen LogP contribution in [0.5, 0.6) is 0 Å². The first-order valence-corrected chi connectivity index (χ1v) is 4.65. The number of amides is 1. The number of hydrogen-bond acceptors (Lipinski definition) is 4. The zero-order valence-corrected chi connectivity index (χ0v) is 8.69. The number of carbonyl (C=O) groups is 2. The molecule has 0 aromatic heterocycles. The van der Waals surface area contributed by atoms with Gasteiger partial charge in [0.2, 0.25) is 0 Å². The second-order valence-electron chi connectivity index (χ2n) is 2.87. The number of carbonyl (C=O) groups excluding carboxylic acids is 2. The summed E-state index contributed by atoms with van der Waals surface area (Å²) in [6.07, 6.45) is 0. The lowest BCUT2D eigenvalue weighted by molar-refractivity contribution is -0.152. The first-order chi connectivity index (χ1) is 7.67. The van der Waals surface area contributed by atoms with E-state index in [0.717, 1.165) is 0 Å². The van der Waals surface area contributed by atoms with Crippen LogP contribution >= 0.6 is 0 Å². The zero-order chi connectivity index (χ0) is 12.0. The number of hydrogen-bond donors (Lipinski definition) is 1. The average Bonchev–Trinajstić information content (AvgIpc) is 2.29. The monoisotopic (exact) mass is 218 g/mol. The lowest BCUT2D eigenvalue weighted by atomic mass is 10.2. The minimum atomic E-state index is -0.940. The Morgan fingerprint density at radius 3 is 2.88 bits per heavy atom. The van der Waals surface area contributed by atoms with Crippen LogP contribution < -0.4 is 5.32 Å². The highest BCUT2D eigenvalue weighted by Crippen LogP contribution is 2.09. The number of rotatable bonds is 2. The van der Waals surface area contributed by atoms with Gasteiger partial charge in [0.1, 0.15) is 0 Å². The van der Waals surface area contributed by atoms with Crippen LogP contribution in [0.25, 0.3) is 0 Å². The van der Waals surface area contributed by atoms with E-state index in [4.69, 9.17) is 5.26 Å². The highest BCUT2D eigenvalue weighted by Gasteiger charge is 2.14. The van der Waals surface area contributed by atoms with Crippen LogP contribution in [0.4, 0.5) is 5.69 Å². The Hall–Kier alpha value is -2.35. The van der Waals surface area contributed by atoms with Crippen molar-refractivity contribution in [3.63, 3.8) is 0 Å². The maximum atomic E-state index is 11.2. The van der Waals surface area contributed by atoms with Gasteiger partial charge in [-0.05, 0) is 25.1 Å². The van der Waals surface area contributed by atoms with Crippen LogP contribution in [0, 0.1) is 11.3 Å². The van der Waals surface area contributed by atoms with Crippen molar-refractivity contribution < 1.29 is 14.3 Å². The molecule has 0 radical (unpaired) electrons. The van der Waals surface area contributed by atoms with Crippen LogP contribution in [-0.4, -0.2) is 18.5 Å². The van der Waals surface area contributed by atoms with E-state index in [1.54, 1.807) is 25.1 Å². The topological polar surface area (TPSA) is 79.2 Å². The predicted molar refractivity (Wildman–Crippen MR) is 56.4 cm³/mol. The maximum Gasteiger partial charge on any atom is 0.397 e. The summed E-state index contributed by atoms with van der Waals surface area (Å²) < 4.78 is 4.52. The van der Waals surface area contributed by atoms with Crippen molar-refractivity contribution >= 4 is 17.6 Å². The third-order valence-electron chi connectivity index (χ3n) is 1.71. The molecule has 5 heteroatoms. The molecule has 0 aliphatic rings. The van der Waals surface area contributed by atoms with E-state index in [0.29, 0.717) is 11.3 Å². The molecule has 16 heavy (non-hydrogen) atoms. The number of ether oxygens (including phenoxy) is 1. The molecule has 1 rings (SSSR count). The fourth-order valence-corrected chi connectivity index (χ4v) is 1.05. The van der Waals surface area contributed by atoms with E-state index in [1.807, 2.05) is 6.07 Å². The molecule has 1 N–H and O–H groups in total. The molecule has 1 aromatic rings. The van der Waals surface area contributed by atoms with Gasteiger partial charge in [-0.3, -0.25) is 4.79 Å². The van der Waals surface area contributed by atoms with Gasteiger partial charge in [-0.1, -0.05) is 6.07 Å². The van der Waals surface area contributed by atoms with Gasteiger partial charge in [-0.2, -0.15) is 5.26 Å². The number of esters is 1.